The smallest absolute Gasteiger partial charge is 0.144 e. The summed E-state index contributed by atoms with van der Waals surface area (Å²) in [6, 6.07) is 4.72. The molecule has 2 rings (SSSR count). The van der Waals surface area contributed by atoms with E-state index in [4.69, 9.17) is 4.74 Å². The van der Waals surface area contributed by atoms with Crippen molar-refractivity contribution in [3.05, 3.63) is 54.1 Å². The third-order valence-electron chi connectivity index (χ3n) is 3.86. The van der Waals surface area contributed by atoms with Crippen LogP contribution in [0, 0.1) is 0 Å². The molecule has 0 radical (unpaired) electrons. The fourth-order valence-electron chi connectivity index (χ4n) is 2.23. The maximum atomic E-state index is 12.6. The van der Waals surface area contributed by atoms with Crippen molar-refractivity contribution in [2.24, 2.45) is 4.40 Å². The molecule has 2 N–H and O–H groups in total. The lowest BCUT2D eigenvalue weighted by Crippen LogP contribution is -2.27. The highest BCUT2D eigenvalue weighted by molar-refractivity contribution is 7.91. The molecular formula is C20H25N3O4S. The Bertz CT molecular complexity index is 848. The molecule has 2 aromatic rings. The van der Waals surface area contributed by atoms with Gasteiger partial charge in [-0.3, -0.25) is 9.97 Å². The van der Waals surface area contributed by atoms with Crippen molar-refractivity contribution in [1.29, 1.82) is 0 Å². The van der Waals surface area contributed by atoms with E-state index in [0.717, 1.165) is 0 Å². The van der Waals surface area contributed by atoms with Gasteiger partial charge in [0.05, 0.1) is 30.9 Å². The lowest BCUT2D eigenvalue weighted by Gasteiger charge is -2.20. The van der Waals surface area contributed by atoms with E-state index < -0.39 is 22.2 Å². The molecule has 1 unspecified atom stereocenters. The van der Waals surface area contributed by atoms with E-state index in [1.165, 1.54) is 25.6 Å². The third-order valence-corrected chi connectivity index (χ3v) is 5.30. The first-order chi connectivity index (χ1) is 13.2. The van der Waals surface area contributed by atoms with Crippen molar-refractivity contribution in [2.45, 2.75) is 38.0 Å². The van der Waals surface area contributed by atoms with Crippen molar-refractivity contribution >= 4 is 23.1 Å². The van der Waals surface area contributed by atoms with Crippen LogP contribution in [0.4, 0.5) is 0 Å². The number of nitrogens with zero attached hydrogens (tertiary/aromatic N) is 3. The Morgan fingerprint density at radius 2 is 2.07 bits per heavy atom. The van der Waals surface area contributed by atoms with Gasteiger partial charge in [0.15, 0.2) is 0 Å². The summed E-state index contributed by atoms with van der Waals surface area (Å²) in [5.41, 5.74) is 1.60. The lowest BCUT2D eigenvalue weighted by atomic mass is 10.0. The summed E-state index contributed by atoms with van der Waals surface area (Å²) in [4.78, 5) is 8.31. The van der Waals surface area contributed by atoms with Crippen LogP contribution in [0.3, 0.4) is 0 Å². The molecule has 1 aromatic heterocycles. The maximum Gasteiger partial charge on any atom is 0.144 e. The van der Waals surface area contributed by atoms with E-state index in [1.807, 2.05) is 0 Å². The Hall–Kier alpha value is -2.42. The van der Waals surface area contributed by atoms with Gasteiger partial charge in [0.1, 0.15) is 39.4 Å². The number of aromatic hydroxyl groups is 1. The number of phenols is 1. The molecule has 150 valence electrons. The summed E-state index contributed by atoms with van der Waals surface area (Å²) in [7, 11) is 1.49. The summed E-state index contributed by atoms with van der Waals surface area (Å²) in [6.45, 7) is 9.02. The third kappa shape index (κ3) is 5.54. The summed E-state index contributed by atoms with van der Waals surface area (Å²) in [5, 5.41) is 21.0. The van der Waals surface area contributed by atoms with Gasteiger partial charge < -0.3 is 19.5 Å². The second kappa shape index (κ2) is 9.18. The van der Waals surface area contributed by atoms with E-state index >= 15 is 0 Å². The van der Waals surface area contributed by atoms with Crippen LogP contribution < -0.4 is 4.74 Å². The molecule has 1 heterocycles. The first-order valence-electron chi connectivity index (χ1n) is 8.65. The van der Waals surface area contributed by atoms with E-state index in [0.29, 0.717) is 28.4 Å². The first-order valence-corrected chi connectivity index (χ1v) is 9.75. The van der Waals surface area contributed by atoms with Crippen LogP contribution in [-0.2, 0) is 11.4 Å². The largest absolute Gasteiger partial charge is 0.591 e. The predicted molar refractivity (Wildman–Crippen MR) is 111 cm³/mol. The summed E-state index contributed by atoms with van der Waals surface area (Å²) in [6.07, 6.45) is 3.47. The minimum absolute atomic E-state index is 0.00379. The maximum absolute atomic E-state index is 12.6. The number of phenolic OH excluding ortho intramolecular Hbond substituents is 1. The van der Waals surface area contributed by atoms with Crippen LogP contribution in [0.5, 0.6) is 11.5 Å². The zero-order valence-electron chi connectivity index (χ0n) is 16.4. The van der Waals surface area contributed by atoms with Crippen LogP contribution in [0.2, 0.25) is 0 Å². The molecule has 0 saturated carbocycles. The molecule has 0 amide bonds. The van der Waals surface area contributed by atoms with Crippen LogP contribution in [-0.4, -0.2) is 42.3 Å². The van der Waals surface area contributed by atoms with Crippen molar-refractivity contribution in [1.82, 2.24) is 9.97 Å². The Labute approximate surface area is 168 Å². The average Bonchev–Trinajstić information content (AvgIpc) is 2.66. The molecular weight excluding hydrogens is 378 g/mol. The molecule has 28 heavy (non-hydrogen) atoms. The van der Waals surface area contributed by atoms with Gasteiger partial charge in [-0.25, -0.2) is 0 Å². The molecule has 2 atom stereocenters. The van der Waals surface area contributed by atoms with Gasteiger partial charge in [-0.05, 0) is 39.0 Å². The second-order valence-electron chi connectivity index (χ2n) is 7.07. The van der Waals surface area contributed by atoms with E-state index in [2.05, 4.69) is 20.9 Å². The van der Waals surface area contributed by atoms with E-state index in [1.54, 1.807) is 39.0 Å². The van der Waals surface area contributed by atoms with Crippen molar-refractivity contribution in [3.63, 3.8) is 0 Å². The summed E-state index contributed by atoms with van der Waals surface area (Å²) in [5.74, 6) is 0.397. The fraction of sp³-hybridized carbons (Fsp3) is 0.350. The summed E-state index contributed by atoms with van der Waals surface area (Å²) < 4.78 is 21.4. The van der Waals surface area contributed by atoms with Crippen LogP contribution >= 0.6 is 0 Å². The van der Waals surface area contributed by atoms with E-state index in [9.17, 15) is 14.8 Å². The Morgan fingerprint density at radius 3 is 2.57 bits per heavy atom. The Kier molecular flexibility index (Phi) is 7.17. The first kappa shape index (κ1) is 21.9. The van der Waals surface area contributed by atoms with Crippen molar-refractivity contribution in [2.75, 3.05) is 7.11 Å². The number of methoxy groups -OCH3 is 1. The number of rotatable bonds is 7. The quantitative estimate of drug-likeness (QED) is 0.542. The minimum Gasteiger partial charge on any atom is -0.591 e. The molecule has 0 fully saturated rings. The van der Waals surface area contributed by atoms with Gasteiger partial charge in [0.2, 0.25) is 0 Å². The van der Waals surface area contributed by atoms with Crippen molar-refractivity contribution in [3.8, 4) is 11.5 Å². The normalized spacial score (nSPS) is 14.4. The van der Waals surface area contributed by atoms with Gasteiger partial charge >= 0.3 is 0 Å². The molecule has 0 saturated heterocycles. The zero-order chi connectivity index (χ0) is 20.9. The summed E-state index contributed by atoms with van der Waals surface area (Å²) >= 11 is -1.58. The number of hydrogen-bond donors (Lipinski definition) is 2. The monoisotopic (exact) mass is 403 g/mol. The molecule has 7 nitrogen and oxygen atoms in total. The van der Waals surface area contributed by atoms with Gasteiger partial charge in [-0.15, -0.1) is 0 Å². The van der Waals surface area contributed by atoms with Crippen LogP contribution in [0.1, 0.15) is 50.2 Å². The number of hydrogen-bond acceptors (Lipinski definition) is 7. The number of ether oxygens (including phenoxy) is 1. The van der Waals surface area contributed by atoms with Gasteiger partial charge in [0, 0.05) is 18.1 Å². The molecule has 0 aliphatic rings. The van der Waals surface area contributed by atoms with Crippen LogP contribution in [0.25, 0.3) is 6.08 Å². The number of aromatic nitrogens is 2. The predicted octanol–water partition coefficient (Wildman–Crippen LogP) is 3.21. The molecule has 8 heteroatoms. The standard InChI is InChI=1S/C20H25N3O4S/c1-6-13-11-22-17(12-21-13)19(25)10-16(23-28(26)20(2,3)4)15-8-7-14(27-5)9-18(15)24/h6-9,11-12,19,24-25H,1,10H2,2-5H3/t19-,28?/m0/s1. The number of aliphatic hydroxyl groups excluding tert-OH is 1. The Morgan fingerprint density at radius 1 is 1.36 bits per heavy atom. The zero-order valence-corrected chi connectivity index (χ0v) is 17.2. The highest BCUT2D eigenvalue weighted by Crippen LogP contribution is 2.29. The highest BCUT2D eigenvalue weighted by Gasteiger charge is 2.29. The SMILES string of the molecule is C=Cc1cnc([C@@H](O)CC(=N[S+]([O-])C(C)(C)C)c2ccc(OC)cc2O)cn1. The molecule has 0 bridgehead atoms. The van der Waals surface area contributed by atoms with Gasteiger partial charge in [-0.2, -0.15) is 0 Å². The topological polar surface area (TPSA) is 111 Å². The van der Waals surface area contributed by atoms with Gasteiger partial charge in [-0.1, -0.05) is 11.0 Å². The second-order valence-corrected chi connectivity index (χ2v) is 8.98. The minimum atomic E-state index is -1.58. The van der Waals surface area contributed by atoms with Crippen molar-refractivity contribution < 1.29 is 19.5 Å². The average molecular weight is 404 g/mol. The molecule has 1 aromatic carbocycles. The van der Waals surface area contributed by atoms with Crippen LogP contribution in [0.15, 0.2) is 41.6 Å². The fourth-order valence-corrected chi connectivity index (χ4v) is 2.88. The molecule has 0 aliphatic carbocycles. The number of benzene rings is 1. The molecule has 0 aliphatic heterocycles. The number of aliphatic hydroxyl groups is 1. The Balaban J connectivity index is 2.40. The van der Waals surface area contributed by atoms with E-state index in [-0.39, 0.29) is 12.2 Å². The lowest BCUT2D eigenvalue weighted by molar-refractivity contribution is 0.181. The molecule has 0 spiro atoms. The highest BCUT2D eigenvalue weighted by atomic mass is 32.2. The van der Waals surface area contributed by atoms with Gasteiger partial charge in [0.25, 0.3) is 0 Å².